The average Bonchev–Trinajstić information content (AvgIpc) is 3.30. The van der Waals surface area contributed by atoms with Crippen LogP contribution in [0, 0.1) is 11.8 Å². The number of rotatable bonds is 27. The van der Waals surface area contributed by atoms with Gasteiger partial charge in [-0.05, 0) is 65.1 Å². The Morgan fingerprint density at radius 1 is 0.707 bits per heavy atom. The topological polar surface area (TPSA) is 55.8 Å². The molecule has 0 aliphatic heterocycles. The maximum absolute atomic E-state index is 12.6. The first kappa shape index (κ1) is 37.7. The zero-order chi connectivity index (χ0) is 30.0. The van der Waals surface area contributed by atoms with E-state index in [0.29, 0.717) is 19.4 Å². The van der Waals surface area contributed by atoms with E-state index in [1.807, 2.05) is 14.1 Å². The highest BCUT2D eigenvalue weighted by Crippen LogP contribution is 2.39. The first-order valence-electron chi connectivity index (χ1n) is 17.6. The minimum Gasteiger partial charge on any atom is -0.466 e. The maximum atomic E-state index is 12.6. The number of carbonyl (C=O) groups is 2. The van der Waals surface area contributed by atoms with Gasteiger partial charge >= 0.3 is 11.9 Å². The molecule has 0 saturated heterocycles. The Bertz CT molecular complexity index is 662. The highest BCUT2D eigenvalue weighted by molar-refractivity contribution is 5.70. The lowest BCUT2D eigenvalue weighted by atomic mass is 9.88. The van der Waals surface area contributed by atoms with Gasteiger partial charge in [-0.3, -0.25) is 9.59 Å². The van der Waals surface area contributed by atoms with Crippen molar-refractivity contribution >= 4 is 11.9 Å². The number of hydrogen-bond donors (Lipinski definition) is 0. The van der Waals surface area contributed by atoms with Gasteiger partial charge in [0.05, 0.1) is 6.61 Å². The van der Waals surface area contributed by atoms with Gasteiger partial charge in [0, 0.05) is 18.8 Å². The molecule has 0 amide bonds. The number of ether oxygens (including phenoxy) is 2. The largest absolute Gasteiger partial charge is 0.466 e. The molecule has 0 bridgehead atoms. The van der Waals surface area contributed by atoms with Crippen LogP contribution in [-0.4, -0.2) is 50.2 Å². The summed E-state index contributed by atoms with van der Waals surface area (Å²) < 4.78 is 11.5. The number of hydrogen-bond acceptors (Lipinski definition) is 5. The third kappa shape index (κ3) is 21.1. The van der Waals surface area contributed by atoms with Crippen LogP contribution in [0.5, 0.6) is 0 Å². The third-order valence-electron chi connectivity index (χ3n) is 8.67. The van der Waals surface area contributed by atoms with E-state index in [2.05, 4.69) is 30.9 Å². The highest BCUT2D eigenvalue weighted by atomic mass is 16.5. The molecule has 240 valence electrons. The first-order valence-corrected chi connectivity index (χ1v) is 17.6. The Balaban J connectivity index is 2.12. The molecule has 41 heavy (non-hydrogen) atoms. The van der Waals surface area contributed by atoms with Crippen molar-refractivity contribution in [1.82, 2.24) is 4.90 Å². The smallest absolute Gasteiger partial charge is 0.306 e. The van der Waals surface area contributed by atoms with Gasteiger partial charge in [0.1, 0.15) is 6.10 Å². The van der Waals surface area contributed by atoms with Gasteiger partial charge in [-0.2, -0.15) is 0 Å². The minimum atomic E-state index is -0.104. The molecule has 3 atom stereocenters. The summed E-state index contributed by atoms with van der Waals surface area (Å²) in [5.41, 5.74) is 0. The Morgan fingerprint density at radius 2 is 1.27 bits per heavy atom. The lowest BCUT2D eigenvalue weighted by molar-refractivity contribution is -0.151. The predicted octanol–water partition coefficient (Wildman–Crippen LogP) is 9.82. The first-order chi connectivity index (χ1) is 20.0. The van der Waals surface area contributed by atoms with E-state index >= 15 is 0 Å². The van der Waals surface area contributed by atoms with E-state index in [1.54, 1.807) is 0 Å². The maximum Gasteiger partial charge on any atom is 0.306 e. The fourth-order valence-corrected chi connectivity index (χ4v) is 6.15. The summed E-state index contributed by atoms with van der Waals surface area (Å²) in [6.45, 7) is 5.83. The van der Waals surface area contributed by atoms with Crippen molar-refractivity contribution in [2.24, 2.45) is 11.8 Å². The Labute approximate surface area is 254 Å². The fourth-order valence-electron chi connectivity index (χ4n) is 6.15. The van der Waals surface area contributed by atoms with Gasteiger partial charge in [-0.15, -0.1) is 0 Å². The van der Waals surface area contributed by atoms with Crippen LogP contribution in [0.2, 0.25) is 0 Å². The summed E-state index contributed by atoms with van der Waals surface area (Å²) >= 11 is 0. The molecule has 1 aliphatic rings. The monoisotopic (exact) mass is 578 g/mol. The summed E-state index contributed by atoms with van der Waals surface area (Å²) in [5.74, 6) is 0.250. The van der Waals surface area contributed by atoms with Gasteiger partial charge in [-0.25, -0.2) is 0 Å². The normalized spacial score (nSPS) is 18.9. The van der Waals surface area contributed by atoms with Gasteiger partial charge in [0.2, 0.25) is 0 Å². The number of nitrogens with zero attached hydrogens (tertiary/aromatic N) is 1. The summed E-state index contributed by atoms with van der Waals surface area (Å²) in [5, 5.41) is 0. The van der Waals surface area contributed by atoms with Crippen LogP contribution in [0.3, 0.4) is 0 Å². The van der Waals surface area contributed by atoms with Crippen molar-refractivity contribution in [3.8, 4) is 0 Å². The van der Waals surface area contributed by atoms with Crippen LogP contribution < -0.4 is 0 Å². The fraction of sp³-hybridized carbons (Fsp3) is 0.889. The van der Waals surface area contributed by atoms with E-state index in [0.717, 1.165) is 51.5 Å². The Hall–Kier alpha value is -1.36. The molecule has 1 aliphatic carbocycles. The van der Waals surface area contributed by atoms with E-state index in [4.69, 9.17) is 9.47 Å². The van der Waals surface area contributed by atoms with E-state index in [9.17, 15) is 9.59 Å². The molecule has 0 aromatic rings. The van der Waals surface area contributed by atoms with Gasteiger partial charge in [0.25, 0.3) is 0 Å². The third-order valence-corrected chi connectivity index (χ3v) is 8.67. The summed E-state index contributed by atoms with van der Waals surface area (Å²) in [4.78, 5) is 27.1. The highest BCUT2D eigenvalue weighted by Gasteiger charge is 2.38. The van der Waals surface area contributed by atoms with Crippen molar-refractivity contribution in [2.75, 3.05) is 27.2 Å². The molecule has 0 radical (unpaired) electrons. The quantitative estimate of drug-likeness (QED) is 0.0552. The summed E-state index contributed by atoms with van der Waals surface area (Å²) in [7, 11) is 4.03. The molecule has 1 rings (SSSR count). The molecule has 3 unspecified atom stereocenters. The number of esters is 2. The van der Waals surface area contributed by atoms with Crippen molar-refractivity contribution in [3.05, 3.63) is 12.2 Å². The molecule has 5 nitrogen and oxygen atoms in total. The zero-order valence-electron chi connectivity index (χ0n) is 27.6. The number of unbranched alkanes of at least 4 members (excludes halogenated alkanes) is 15. The summed E-state index contributed by atoms with van der Waals surface area (Å²) in [6, 6.07) is 0. The zero-order valence-corrected chi connectivity index (χ0v) is 27.6. The van der Waals surface area contributed by atoms with E-state index in [-0.39, 0.29) is 29.9 Å². The van der Waals surface area contributed by atoms with E-state index < -0.39 is 0 Å². The molecule has 1 saturated carbocycles. The number of allylic oxidation sites excluding steroid dienone is 2. The van der Waals surface area contributed by atoms with Crippen molar-refractivity contribution in [1.29, 1.82) is 0 Å². The molecular weight excluding hydrogens is 510 g/mol. The molecular formula is C36H67NO4. The lowest BCUT2D eigenvalue weighted by Crippen LogP contribution is -2.27. The Morgan fingerprint density at radius 3 is 1.80 bits per heavy atom. The van der Waals surface area contributed by atoms with Crippen LogP contribution in [0.1, 0.15) is 162 Å². The average molecular weight is 578 g/mol. The molecule has 0 spiro atoms. The second kappa shape index (κ2) is 26.3. The second-order valence-corrected chi connectivity index (χ2v) is 12.8. The van der Waals surface area contributed by atoms with Crippen LogP contribution >= 0.6 is 0 Å². The minimum absolute atomic E-state index is 0.0820. The summed E-state index contributed by atoms with van der Waals surface area (Å²) in [6.07, 6.45) is 31.1. The van der Waals surface area contributed by atoms with E-state index in [1.165, 1.54) is 89.9 Å². The SMILES string of the molecule is CC/C=C\CC1C(CC(=O)OCCCCCCCCCCCCCCCCCC)CCC1OC(=O)CCCN(C)C. The van der Waals surface area contributed by atoms with Crippen LogP contribution in [0.15, 0.2) is 12.2 Å². The molecule has 5 heteroatoms. The molecule has 1 fully saturated rings. The molecule has 0 N–H and O–H groups in total. The standard InChI is InChI=1S/C36H67NO4/c1-5-7-9-10-11-12-13-14-15-16-17-18-19-20-21-23-30-40-36(39)31-32-27-28-34(33(32)25-22-8-6-2)41-35(38)26-24-29-37(3)4/h8,22,32-34H,5-7,9-21,23-31H2,1-4H3/b22-8-. The molecule has 0 aromatic heterocycles. The van der Waals surface area contributed by atoms with Gasteiger partial charge in [0.15, 0.2) is 0 Å². The van der Waals surface area contributed by atoms with Crippen molar-refractivity contribution in [3.63, 3.8) is 0 Å². The van der Waals surface area contributed by atoms with Crippen molar-refractivity contribution < 1.29 is 19.1 Å². The van der Waals surface area contributed by atoms with Crippen LogP contribution in [0.4, 0.5) is 0 Å². The van der Waals surface area contributed by atoms with Gasteiger partial charge < -0.3 is 14.4 Å². The van der Waals surface area contributed by atoms with Gasteiger partial charge in [-0.1, -0.05) is 122 Å². The second-order valence-electron chi connectivity index (χ2n) is 12.8. The van der Waals surface area contributed by atoms with Crippen LogP contribution in [0.25, 0.3) is 0 Å². The molecule has 0 heterocycles. The number of carbonyl (C=O) groups excluding carboxylic acids is 2. The lowest BCUT2D eigenvalue weighted by Gasteiger charge is -2.24. The van der Waals surface area contributed by atoms with Crippen molar-refractivity contribution in [2.45, 2.75) is 168 Å². The van der Waals surface area contributed by atoms with Crippen LogP contribution in [-0.2, 0) is 19.1 Å². The Kier molecular flexibility index (Phi) is 24.1. The predicted molar refractivity (Wildman–Crippen MR) is 173 cm³/mol. The molecule has 0 aromatic carbocycles.